The number of carbonyl (C=O) groups is 1. The molecule has 0 radical (unpaired) electrons. The second-order valence-corrected chi connectivity index (χ2v) is 4.99. The van der Waals surface area contributed by atoms with Gasteiger partial charge in [-0.3, -0.25) is 4.79 Å². The second kappa shape index (κ2) is 17.2. The van der Waals surface area contributed by atoms with Gasteiger partial charge >= 0.3 is 5.97 Å². The molecule has 0 spiro atoms. The van der Waals surface area contributed by atoms with Crippen molar-refractivity contribution in [3.63, 3.8) is 0 Å². The molecule has 22 heavy (non-hydrogen) atoms. The molecule has 0 bridgehead atoms. The van der Waals surface area contributed by atoms with E-state index in [0.717, 1.165) is 44.9 Å². The Morgan fingerprint density at radius 1 is 0.727 bits per heavy atom. The third-order valence-corrected chi connectivity index (χ3v) is 2.92. The number of rotatable bonds is 13. The summed E-state index contributed by atoms with van der Waals surface area (Å²) in [7, 11) is 0. The molecule has 2 heteroatoms. The smallest absolute Gasteiger partial charge is 0.303 e. The average Bonchev–Trinajstić information content (AvgIpc) is 2.50. The van der Waals surface area contributed by atoms with E-state index in [4.69, 9.17) is 5.11 Å². The van der Waals surface area contributed by atoms with Crippen molar-refractivity contribution in [2.45, 2.75) is 58.3 Å². The Morgan fingerprint density at radius 3 is 1.55 bits per heavy atom. The first-order chi connectivity index (χ1) is 10.8. The molecule has 0 saturated heterocycles. The summed E-state index contributed by atoms with van der Waals surface area (Å²) in [6, 6.07) is 0. The van der Waals surface area contributed by atoms with Gasteiger partial charge in [0.15, 0.2) is 0 Å². The molecular weight excluding hydrogens is 272 g/mol. The lowest BCUT2D eigenvalue weighted by Crippen LogP contribution is -1.92. The maximum Gasteiger partial charge on any atom is 0.303 e. The lowest BCUT2D eigenvalue weighted by atomic mass is 10.2. The Morgan fingerprint density at radius 2 is 1.14 bits per heavy atom. The number of unbranched alkanes of at least 4 members (excludes halogenated alkanes) is 1. The summed E-state index contributed by atoms with van der Waals surface area (Å²) in [5.41, 5.74) is 0. The average molecular weight is 302 g/mol. The zero-order valence-corrected chi connectivity index (χ0v) is 13.8. The summed E-state index contributed by atoms with van der Waals surface area (Å²) in [6.07, 6.45) is 28.4. The number of carboxylic acids is 1. The summed E-state index contributed by atoms with van der Waals surface area (Å²) in [5.74, 6) is -0.715. The topological polar surface area (TPSA) is 37.3 Å². The highest BCUT2D eigenvalue weighted by atomic mass is 16.4. The zero-order chi connectivity index (χ0) is 16.3. The SMILES string of the molecule is CC/C=C\C/C=C/C/C=C\C/C=C/C/C=C\CCCC(=O)O. The van der Waals surface area contributed by atoms with Crippen molar-refractivity contribution < 1.29 is 9.90 Å². The molecule has 0 aromatic carbocycles. The lowest BCUT2D eigenvalue weighted by molar-refractivity contribution is -0.137. The van der Waals surface area contributed by atoms with Gasteiger partial charge in [-0.1, -0.05) is 67.7 Å². The van der Waals surface area contributed by atoms with Gasteiger partial charge in [0.1, 0.15) is 0 Å². The summed E-state index contributed by atoms with van der Waals surface area (Å²) >= 11 is 0. The molecule has 0 aliphatic carbocycles. The van der Waals surface area contributed by atoms with Crippen LogP contribution in [0.15, 0.2) is 60.8 Å². The Labute approximate surface area is 135 Å². The summed E-state index contributed by atoms with van der Waals surface area (Å²) < 4.78 is 0. The van der Waals surface area contributed by atoms with E-state index in [1.54, 1.807) is 0 Å². The first kappa shape index (κ1) is 20.2. The first-order valence-electron chi connectivity index (χ1n) is 8.24. The summed E-state index contributed by atoms with van der Waals surface area (Å²) in [6.45, 7) is 2.14. The highest BCUT2D eigenvalue weighted by Crippen LogP contribution is 1.99. The molecule has 0 amide bonds. The molecule has 0 aliphatic heterocycles. The van der Waals surface area contributed by atoms with E-state index in [0.29, 0.717) is 0 Å². The third-order valence-electron chi connectivity index (χ3n) is 2.92. The van der Waals surface area contributed by atoms with Gasteiger partial charge in [-0.2, -0.15) is 0 Å². The summed E-state index contributed by atoms with van der Waals surface area (Å²) in [4.78, 5) is 10.3. The minimum absolute atomic E-state index is 0.258. The normalized spacial score (nSPS) is 12.8. The van der Waals surface area contributed by atoms with E-state index >= 15 is 0 Å². The minimum atomic E-state index is -0.715. The monoisotopic (exact) mass is 302 g/mol. The first-order valence-corrected chi connectivity index (χ1v) is 8.24. The van der Waals surface area contributed by atoms with Crippen LogP contribution in [0.5, 0.6) is 0 Å². The molecule has 2 nitrogen and oxygen atoms in total. The van der Waals surface area contributed by atoms with Crippen LogP contribution in [0, 0.1) is 0 Å². The van der Waals surface area contributed by atoms with Crippen molar-refractivity contribution in [3.05, 3.63) is 60.8 Å². The maximum atomic E-state index is 10.3. The zero-order valence-electron chi connectivity index (χ0n) is 13.8. The highest BCUT2D eigenvalue weighted by Gasteiger charge is 1.92. The molecule has 0 saturated carbocycles. The Balaban J connectivity index is 3.46. The van der Waals surface area contributed by atoms with Gasteiger partial charge in [-0.05, 0) is 44.9 Å². The standard InChI is InChI=1S/C20H30O2/c1-2-3-4-5-6-7-8-9-10-11-12-13-14-15-16-17-18-19-20(21)22/h3-4,6-7,9-10,12-13,15-16H,2,5,8,11,14,17-19H2,1H3,(H,21,22)/b4-3-,7-6+,10-9-,13-12+,16-15-. The van der Waals surface area contributed by atoms with Crippen LogP contribution in [-0.2, 0) is 4.79 Å². The fraction of sp³-hybridized carbons (Fsp3) is 0.450. The molecule has 0 rings (SSSR count). The molecule has 0 heterocycles. The molecule has 0 atom stereocenters. The molecule has 0 aliphatic rings. The van der Waals surface area contributed by atoms with Gasteiger partial charge < -0.3 is 5.11 Å². The van der Waals surface area contributed by atoms with Crippen LogP contribution in [0.3, 0.4) is 0 Å². The van der Waals surface area contributed by atoms with Crippen molar-refractivity contribution in [2.24, 2.45) is 0 Å². The fourth-order valence-electron chi connectivity index (χ4n) is 1.74. The number of hydrogen-bond donors (Lipinski definition) is 1. The van der Waals surface area contributed by atoms with Gasteiger partial charge in [-0.25, -0.2) is 0 Å². The highest BCUT2D eigenvalue weighted by molar-refractivity contribution is 5.66. The molecule has 122 valence electrons. The van der Waals surface area contributed by atoms with Crippen LogP contribution in [0.25, 0.3) is 0 Å². The Bertz CT molecular complexity index is 398. The minimum Gasteiger partial charge on any atom is -0.481 e. The van der Waals surface area contributed by atoms with Crippen molar-refractivity contribution in [3.8, 4) is 0 Å². The van der Waals surface area contributed by atoms with E-state index < -0.39 is 5.97 Å². The fourth-order valence-corrected chi connectivity index (χ4v) is 1.74. The van der Waals surface area contributed by atoms with Crippen LogP contribution in [0.4, 0.5) is 0 Å². The van der Waals surface area contributed by atoms with Crippen molar-refractivity contribution in [2.75, 3.05) is 0 Å². The predicted octanol–water partition coefficient (Wildman–Crippen LogP) is 5.99. The largest absolute Gasteiger partial charge is 0.481 e. The quantitative estimate of drug-likeness (QED) is 0.335. The second-order valence-electron chi connectivity index (χ2n) is 4.99. The van der Waals surface area contributed by atoms with Crippen LogP contribution >= 0.6 is 0 Å². The van der Waals surface area contributed by atoms with Gasteiger partial charge in [-0.15, -0.1) is 0 Å². The lowest BCUT2D eigenvalue weighted by Gasteiger charge is -1.89. The van der Waals surface area contributed by atoms with Crippen molar-refractivity contribution in [1.29, 1.82) is 0 Å². The van der Waals surface area contributed by atoms with Crippen LogP contribution < -0.4 is 0 Å². The van der Waals surface area contributed by atoms with E-state index in [9.17, 15) is 4.79 Å². The van der Waals surface area contributed by atoms with Gasteiger partial charge in [0.05, 0.1) is 0 Å². The predicted molar refractivity (Wildman–Crippen MR) is 95.9 cm³/mol. The Hall–Kier alpha value is -1.83. The number of aliphatic carboxylic acids is 1. The molecule has 0 fully saturated rings. The Kier molecular flexibility index (Phi) is 15.8. The number of carboxylic acid groups (broad SMARTS) is 1. The van der Waals surface area contributed by atoms with E-state index in [1.807, 2.05) is 0 Å². The number of hydrogen-bond acceptors (Lipinski definition) is 1. The third kappa shape index (κ3) is 18.2. The van der Waals surface area contributed by atoms with E-state index in [1.165, 1.54) is 0 Å². The van der Waals surface area contributed by atoms with Crippen molar-refractivity contribution >= 4 is 5.97 Å². The molecule has 0 aromatic heterocycles. The number of allylic oxidation sites excluding steroid dienone is 10. The molecule has 0 aromatic rings. The molecule has 1 N–H and O–H groups in total. The van der Waals surface area contributed by atoms with Gasteiger partial charge in [0.2, 0.25) is 0 Å². The van der Waals surface area contributed by atoms with Crippen LogP contribution in [0.2, 0.25) is 0 Å². The van der Waals surface area contributed by atoms with Gasteiger partial charge in [0.25, 0.3) is 0 Å². The van der Waals surface area contributed by atoms with Crippen LogP contribution in [-0.4, -0.2) is 11.1 Å². The van der Waals surface area contributed by atoms with Crippen LogP contribution in [0.1, 0.15) is 58.3 Å². The van der Waals surface area contributed by atoms with E-state index in [-0.39, 0.29) is 6.42 Å². The van der Waals surface area contributed by atoms with Crippen molar-refractivity contribution in [1.82, 2.24) is 0 Å². The molecular formula is C20H30O2. The van der Waals surface area contributed by atoms with E-state index in [2.05, 4.69) is 67.7 Å². The van der Waals surface area contributed by atoms with Gasteiger partial charge in [0, 0.05) is 6.42 Å². The molecule has 0 unspecified atom stereocenters. The maximum absolute atomic E-state index is 10.3. The summed E-state index contributed by atoms with van der Waals surface area (Å²) in [5, 5.41) is 8.49.